The molecule has 0 unspecified atom stereocenters. The van der Waals surface area contributed by atoms with E-state index in [2.05, 4.69) is 17.2 Å². The van der Waals surface area contributed by atoms with Crippen LogP contribution in [0.3, 0.4) is 0 Å². The van der Waals surface area contributed by atoms with Gasteiger partial charge in [0.1, 0.15) is 0 Å². The third kappa shape index (κ3) is 2.11. The molecule has 1 aromatic heterocycles. The quantitative estimate of drug-likeness (QED) is 0.489. The Kier molecular flexibility index (Phi) is 2.83. The molecule has 0 aliphatic heterocycles. The van der Waals surface area contributed by atoms with Crippen molar-refractivity contribution < 1.29 is 4.42 Å². The molecule has 0 bridgehead atoms. The van der Waals surface area contributed by atoms with E-state index in [1.54, 1.807) is 18.7 Å². The highest BCUT2D eigenvalue weighted by molar-refractivity contribution is 7.80. The number of thiocarbonyl (C=S) groups is 1. The van der Waals surface area contributed by atoms with Gasteiger partial charge in [0.15, 0.2) is 0 Å². The van der Waals surface area contributed by atoms with Gasteiger partial charge in [-0.25, -0.2) is 0 Å². The maximum Gasteiger partial charge on any atom is 0.0953 e. The van der Waals surface area contributed by atoms with Crippen molar-refractivity contribution >= 4 is 23.8 Å². The van der Waals surface area contributed by atoms with Gasteiger partial charge in [-0.3, -0.25) is 4.99 Å². The Hall–Kier alpha value is -0.960. The zero-order valence-electron chi connectivity index (χ0n) is 5.36. The van der Waals surface area contributed by atoms with Gasteiger partial charge in [0.25, 0.3) is 0 Å². The number of aliphatic imine (C=N–C) groups is 1. The number of nitrogens with zero attached hydrogens (tertiary/aromatic N) is 1. The Morgan fingerprint density at radius 3 is 3.20 bits per heavy atom. The first kappa shape index (κ1) is 7.15. The average Bonchev–Trinajstić information content (AvgIpc) is 2.41. The van der Waals surface area contributed by atoms with Crippen LogP contribution in [0.4, 0.5) is 0 Å². The first-order valence-electron chi connectivity index (χ1n) is 2.88. The lowest BCUT2D eigenvalue weighted by atomic mass is 10.3. The van der Waals surface area contributed by atoms with E-state index < -0.39 is 0 Å². The molecule has 0 aromatic carbocycles. The summed E-state index contributed by atoms with van der Waals surface area (Å²) in [7, 11) is 0. The van der Waals surface area contributed by atoms with Gasteiger partial charge in [-0.05, 0) is 6.07 Å². The maximum absolute atomic E-state index is 4.84. The van der Waals surface area contributed by atoms with Crippen LogP contribution in [0.1, 0.15) is 5.56 Å². The topological polar surface area (TPSA) is 25.5 Å². The van der Waals surface area contributed by atoms with Gasteiger partial charge in [0.2, 0.25) is 0 Å². The molecule has 0 amide bonds. The molecule has 10 heavy (non-hydrogen) atoms. The number of hydrogen-bond donors (Lipinski definition) is 0. The zero-order valence-corrected chi connectivity index (χ0v) is 6.17. The van der Waals surface area contributed by atoms with Gasteiger partial charge in [-0.2, -0.15) is 0 Å². The molecule has 3 heteroatoms. The minimum absolute atomic E-state index is 0.642. The lowest BCUT2D eigenvalue weighted by Gasteiger charge is -1.83. The van der Waals surface area contributed by atoms with Crippen molar-refractivity contribution in [2.75, 3.05) is 0 Å². The third-order valence-corrected chi connectivity index (χ3v) is 1.14. The normalized spacial score (nSPS) is 10.4. The van der Waals surface area contributed by atoms with Crippen molar-refractivity contribution in [2.45, 2.75) is 6.54 Å². The van der Waals surface area contributed by atoms with E-state index in [9.17, 15) is 0 Å². The molecule has 1 rings (SSSR count). The fourth-order valence-corrected chi connectivity index (χ4v) is 0.670. The van der Waals surface area contributed by atoms with E-state index in [0.29, 0.717) is 6.54 Å². The van der Waals surface area contributed by atoms with Crippen LogP contribution in [0.5, 0.6) is 0 Å². The van der Waals surface area contributed by atoms with Crippen LogP contribution < -0.4 is 0 Å². The van der Waals surface area contributed by atoms with E-state index in [1.807, 2.05) is 6.07 Å². The summed E-state index contributed by atoms with van der Waals surface area (Å²) >= 11 is 4.55. The van der Waals surface area contributed by atoms with Gasteiger partial charge in [-0.15, -0.1) is 0 Å². The lowest BCUT2D eigenvalue weighted by Crippen LogP contribution is -1.76. The fourth-order valence-electron chi connectivity index (χ4n) is 0.584. The molecule has 0 spiro atoms. The number of hydrogen-bond acceptors (Lipinski definition) is 3. The van der Waals surface area contributed by atoms with Crippen molar-refractivity contribution in [1.29, 1.82) is 0 Å². The molecular formula is C7H7NOS. The molecule has 0 aliphatic carbocycles. The first-order valence-corrected chi connectivity index (χ1v) is 3.35. The largest absolute Gasteiger partial charge is 0.472 e. The fraction of sp³-hybridized carbons (Fsp3) is 0.143. The van der Waals surface area contributed by atoms with E-state index in [0.717, 1.165) is 5.56 Å². The summed E-state index contributed by atoms with van der Waals surface area (Å²) in [6.45, 7) is 0.642. The summed E-state index contributed by atoms with van der Waals surface area (Å²) in [5.74, 6) is 0. The Morgan fingerprint density at radius 2 is 2.60 bits per heavy atom. The van der Waals surface area contributed by atoms with Crippen molar-refractivity contribution in [1.82, 2.24) is 0 Å². The van der Waals surface area contributed by atoms with Crippen LogP contribution in [0.2, 0.25) is 0 Å². The molecule has 52 valence electrons. The predicted molar refractivity (Wildman–Crippen MR) is 44.6 cm³/mol. The molecule has 0 radical (unpaired) electrons. The van der Waals surface area contributed by atoms with Crippen LogP contribution in [0.25, 0.3) is 0 Å². The van der Waals surface area contributed by atoms with Gasteiger partial charge in [0.05, 0.1) is 19.1 Å². The Balaban J connectivity index is 2.41. The third-order valence-electron chi connectivity index (χ3n) is 1.02. The molecule has 1 aromatic rings. The number of furan rings is 1. The molecule has 0 saturated carbocycles. The van der Waals surface area contributed by atoms with Gasteiger partial charge < -0.3 is 4.42 Å². The van der Waals surface area contributed by atoms with Crippen molar-refractivity contribution in [3.63, 3.8) is 0 Å². The van der Waals surface area contributed by atoms with Crippen molar-refractivity contribution in [2.24, 2.45) is 4.99 Å². The molecule has 0 N–H and O–H groups in total. The van der Waals surface area contributed by atoms with Crippen molar-refractivity contribution in [3.05, 3.63) is 24.2 Å². The van der Waals surface area contributed by atoms with Crippen LogP contribution >= 0.6 is 12.2 Å². The average molecular weight is 153 g/mol. The van der Waals surface area contributed by atoms with Crippen LogP contribution in [-0.4, -0.2) is 11.6 Å². The summed E-state index contributed by atoms with van der Waals surface area (Å²) in [5.41, 5.74) is 1.06. The smallest absolute Gasteiger partial charge is 0.0953 e. The van der Waals surface area contributed by atoms with E-state index >= 15 is 0 Å². The minimum atomic E-state index is 0.642. The summed E-state index contributed by atoms with van der Waals surface area (Å²) in [5, 5.41) is 1.49. The monoisotopic (exact) mass is 153 g/mol. The SMILES string of the molecule is S=CC=NCc1ccoc1. The molecular weight excluding hydrogens is 146 g/mol. The van der Waals surface area contributed by atoms with Crippen molar-refractivity contribution in [3.8, 4) is 0 Å². The predicted octanol–water partition coefficient (Wildman–Crippen LogP) is 1.85. The number of rotatable bonds is 3. The maximum atomic E-state index is 4.84. The van der Waals surface area contributed by atoms with Gasteiger partial charge in [-0.1, -0.05) is 12.2 Å². The molecule has 2 nitrogen and oxygen atoms in total. The van der Waals surface area contributed by atoms with E-state index in [1.165, 1.54) is 5.37 Å². The Bertz CT molecular complexity index is 216. The first-order chi connectivity index (χ1) is 4.93. The van der Waals surface area contributed by atoms with Gasteiger partial charge >= 0.3 is 0 Å². The van der Waals surface area contributed by atoms with Crippen LogP contribution in [0, 0.1) is 0 Å². The molecule has 1 heterocycles. The highest BCUT2D eigenvalue weighted by atomic mass is 32.1. The Morgan fingerprint density at radius 1 is 1.70 bits per heavy atom. The van der Waals surface area contributed by atoms with Crippen LogP contribution in [-0.2, 0) is 6.54 Å². The van der Waals surface area contributed by atoms with Crippen LogP contribution in [0.15, 0.2) is 28.0 Å². The Labute approximate surface area is 64.6 Å². The highest BCUT2D eigenvalue weighted by Crippen LogP contribution is 2.00. The van der Waals surface area contributed by atoms with Gasteiger partial charge in [0, 0.05) is 17.1 Å². The van der Waals surface area contributed by atoms with E-state index in [4.69, 9.17) is 4.42 Å². The summed E-state index contributed by atoms with van der Waals surface area (Å²) in [6, 6.07) is 1.88. The zero-order chi connectivity index (χ0) is 7.23. The minimum Gasteiger partial charge on any atom is -0.472 e. The molecule has 0 fully saturated rings. The summed E-state index contributed by atoms with van der Waals surface area (Å²) < 4.78 is 4.84. The second-order valence-corrected chi connectivity index (χ2v) is 2.03. The highest BCUT2D eigenvalue weighted by Gasteiger charge is 1.87. The molecule has 0 atom stereocenters. The summed E-state index contributed by atoms with van der Waals surface area (Å²) in [4.78, 5) is 3.99. The van der Waals surface area contributed by atoms with E-state index in [-0.39, 0.29) is 0 Å². The lowest BCUT2D eigenvalue weighted by molar-refractivity contribution is 0.564. The second kappa shape index (κ2) is 3.95. The molecule has 0 aliphatic rings. The molecule has 0 saturated heterocycles. The second-order valence-electron chi connectivity index (χ2n) is 1.76. The standard InChI is InChI=1S/C7H7NOS/c10-4-2-8-5-7-1-3-9-6-7/h1-4,6H,5H2. The summed E-state index contributed by atoms with van der Waals surface area (Å²) in [6.07, 6.45) is 4.89.